The van der Waals surface area contributed by atoms with E-state index in [4.69, 9.17) is 0 Å². The highest BCUT2D eigenvalue weighted by Crippen LogP contribution is 2.18. The van der Waals surface area contributed by atoms with Gasteiger partial charge in [0.1, 0.15) is 0 Å². The molecule has 0 aliphatic heterocycles. The highest BCUT2D eigenvalue weighted by Gasteiger charge is 1.98. The highest BCUT2D eigenvalue weighted by atomic mass is 79.9. The number of anilines is 1. The SMILES string of the molecule is CN(N=O)c1cccc(Br)c1. The molecular formula is C7H7BrN2O. The van der Waals surface area contributed by atoms with Crippen LogP contribution in [0.5, 0.6) is 0 Å². The number of benzene rings is 1. The van der Waals surface area contributed by atoms with Crippen LogP contribution in [0.1, 0.15) is 0 Å². The lowest BCUT2D eigenvalue weighted by molar-refractivity contribution is 1.00. The van der Waals surface area contributed by atoms with E-state index in [1.54, 1.807) is 7.05 Å². The van der Waals surface area contributed by atoms with Gasteiger partial charge in [0.15, 0.2) is 0 Å². The first-order valence-corrected chi connectivity index (χ1v) is 3.86. The first-order valence-electron chi connectivity index (χ1n) is 3.06. The standard InChI is InChI=1S/C7H7BrN2O/c1-10(9-11)7-4-2-3-6(8)5-7/h2-5H,1H3. The largest absolute Gasteiger partial charge is 0.232 e. The minimum absolute atomic E-state index is 0.773. The summed E-state index contributed by atoms with van der Waals surface area (Å²) in [6, 6.07) is 7.37. The lowest BCUT2D eigenvalue weighted by Gasteiger charge is -2.07. The second-order valence-corrected chi connectivity index (χ2v) is 3.00. The van der Waals surface area contributed by atoms with E-state index in [1.165, 1.54) is 5.01 Å². The van der Waals surface area contributed by atoms with Crippen LogP contribution in [0.3, 0.4) is 0 Å². The van der Waals surface area contributed by atoms with Crippen molar-refractivity contribution >= 4 is 21.6 Å². The van der Waals surface area contributed by atoms with Crippen molar-refractivity contribution in [3.05, 3.63) is 33.6 Å². The molecule has 0 aliphatic carbocycles. The molecule has 0 heterocycles. The predicted octanol–water partition coefficient (Wildman–Crippen LogP) is 2.57. The Kier molecular flexibility index (Phi) is 2.59. The molecule has 58 valence electrons. The zero-order valence-corrected chi connectivity index (χ0v) is 7.58. The third-order valence-electron chi connectivity index (χ3n) is 1.30. The predicted molar refractivity (Wildman–Crippen MR) is 48.3 cm³/mol. The van der Waals surface area contributed by atoms with Crippen molar-refractivity contribution in [1.82, 2.24) is 0 Å². The van der Waals surface area contributed by atoms with Crippen LogP contribution in [0.2, 0.25) is 0 Å². The van der Waals surface area contributed by atoms with Gasteiger partial charge < -0.3 is 0 Å². The molecule has 0 radical (unpaired) electrons. The maximum absolute atomic E-state index is 10.1. The minimum atomic E-state index is 0.773. The molecule has 0 saturated heterocycles. The van der Waals surface area contributed by atoms with Crippen LogP contribution in [0.15, 0.2) is 34.0 Å². The summed E-state index contributed by atoms with van der Waals surface area (Å²) in [5.74, 6) is 0. The van der Waals surface area contributed by atoms with E-state index < -0.39 is 0 Å². The Morgan fingerprint density at radius 3 is 2.82 bits per heavy atom. The second kappa shape index (κ2) is 3.48. The fourth-order valence-electron chi connectivity index (χ4n) is 0.725. The Balaban J connectivity index is 2.95. The monoisotopic (exact) mass is 214 g/mol. The van der Waals surface area contributed by atoms with Crippen molar-refractivity contribution in [2.45, 2.75) is 0 Å². The van der Waals surface area contributed by atoms with Crippen LogP contribution in [-0.4, -0.2) is 7.05 Å². The molecule has 1 aromatic rings. The first-order chi connectivity index (χ1) is 5.24. The van der Waals surface area contributed by atoms with Crippen molar-refractivity contribution < 1.29 is 0 Å². The molecule has 1 aromatic carbocycles. The second-order valence-electron chi connectivity index (χ2n) is 2.09. The summed E-state index contributed by atoms with van der Waals surface area (Å²) in [5.41, 5.74) is 0.773. The smallest absolute Gasteiger partial charge is 0.0634 e. The van der Waals surface area contributed by atoms with Crippen molar-refractivity contribution in [3.63, 3.8) is 0 Å². The Bertz CT molecular complexity index is 264. The summed E-state index contributed by atoms with van der Waals surface area (Å²) in [4.78, 5) is 10.1. The molecule has 0 spiro atoms. The van der Waals surface area contributed by atoms with Gasteiger partial charge >= 0.3 is 0 Å². The van der Waals surface area contributed by atoms with E-state index >= 15 is 0 Å². The molecule has 0 bridgehead atoms. The van der Waals surface area contributed by atoms with Gasteiger partial charge in [-0.1, -0.05) is 22.0 Å². The van der Waals surface area contributed by atoms with Gasteiger partial charge in [0.05, 0.1) is 11.0 Å². The highest BCUT2D eigenvalue weighted by molar-refractivity contribution is 9.10. The average Bonchev–Trinajstić information content (AvgIpc) is 2.03. The van der Waals surface area contributed by atoms with E-state index in [-0.39, 0.29) is 0 Å². The number of rotatable bonds is 2. The molecule has 0 aliphatic rings. The van der Waals surface area contributed by atoms with Gasteiger partial charge in [0.2, 0.25) is 0 Å². The number of nitroso groups, excluding NO2 is 1. The van der Waals surface area contributed by atoms with E-state index in [1.807, 2.05) is 24.3 Å². The van der Waals surface area contributed by atoms with Gasteiger partial charge in [-0.15, -0.1) is 4.91 Å². The van der Waals surface area contributed by atoms with Crippen molar-refractivity contribution in [3.8, 4) is 0 Å². The van der Waals surface area contributed by atoms with Crippen molar-refractivity contribution in [2.24, 2.45) is 5.29 Å². The minimum Gasteiger partial charge on any atom is -0.232 e. The van der Waals surface area contributed by atoms with E-state index in [9.17, 15) is 4.91 Å². The fourth-order valence-corrected chi connectivity index (χ4v) is 1.11. The molecule has 0 unspecified atom stereocenters. The van der Waals surface area contributed by atoms with Crippen molar-refractivity contribution in [1.29, 1.82) is 0 Å². The molecule has 3 nitrogen and oxygen atoms in total. The molecule has 0 aromatic heterocycles. The summed E-state index contributed by atoms with van der Waals surface area (Å²) in [5, 5.41) is 4.03. The molecule has 0 saturated carbocycles. The number of hydrogen-bond acceptors (Lipinski definition) is 2. The summed E-state index contributed by atoms with van der Waals surface area (Å²) >= 11 is 3.29. The molecule has 0 fully saturated rings. The summed E-state index contributed by atoms with van der Waals surface area (Å²) in [6.07, 6.45) is 0. The maximum Gasteiger partial charge on any atom is 0.0634 e. The average molecular weight is 215 g/mol. The van der Waals surface area contributed by atoms with E-state index in [0.717, 1.165) is 10.2 Å². The zero-order chi connectivity index (χ0) is 8.27. The van der Waals surface area contributed by atoms with Gasteiger partial charge in [-0.2, -0.15) is 0 Å². The summed E-state index contributed by atoms with van der Waals surface area (Å²) < 4.78 is 0.936. The molecule has 4 heteroatoms. The maximum atomic E-state index is 10.1. The molecule has 0 N–H and O–H groups in total. The quantitative estimate of drug-likeness (QED) is 0.560. The lowest BCUT2D eigenvalue weighted by atomic mass is 10.3. The van der Waals surface area contributed by atoms with Crippen LogP contribution in [0, 0.1) is 4.91 Å². The van der Waals surface area contributed by atoms with Gasteiger partial charge in [0, 0.05) is 11.5 Å². The Morgan fingerprint density at radius 2 is 2.27 bits per heavy atom. The lowest BCUT2D eigenvalue weighted by Crippen LogP contribution is -2.05. The topological polar surface area (TPSA) is 32.7 Å². The Morgan fingerprint density at radius 1 is 1.55 bits per heavy atom. The van der Waals surface area contributed by atoms with E-state index in [2.05, 4.69) is 21.2 Å². The van der Waals surface area contributed by atoms with Crippen LogP contribution < -0.4 is 5.01 Å². The van der Waals surface area contributed by atoms with Crippen LogP contribution >= 0.6 is 15.9 Å². The fraction of sp³-hybridized carbons (Fsp3) is 0.143. The third kappa shape index (κ3) is 2.01. The number of nitrogens with zero attached hydrogens (tertiary/aromatic N) is 2. The van der Waals surface area contributed by atoms with E-state index in [0.29, 0.717) is 0 Å². The first kappa shape index (κ1) is 8.20. The molecular weight excluding hydrogens is 208 g/mol. The van der Waals surface area contributed by atoms with Crippen LogP contribution in [0.4, 0.5) is 5.69 Å². The number of hydrogen-bond donors (Lipinski definition) is 0. The van der Waals surface area contributed by atoms with Crippen LogP contribution in [-0.2, 0) is 0 Å². The zero-order valence-electron chi connectivity index (χ0n) is 5.99. The Labute approximate surface area is 73.1 Å². The summed E-state index contributed by atoms with van der Waals surface area (Å²) in [6.45, 7) is 0. The number of halogens is 1. The molecule has 0 atom stereocenters. The van der Waals surface area contributed by atoms with Gasteiger partial charge in [0.25, 0.3) is 0 Å². The van der Waals surface area contributed by atoms with Gasteiger partial charge in [-0.05, 0) is 18.2 Å². The van der Waals surface area contributed by atoms with Crippen LogP contribution in [0.25, 0.3) is 0 Å². The van der Waals surface area contributed by atoms with Gasteiger partial charge in [-0.3, -0.25) is 0 Å². The molecule has 0 amide bonds. The molecule has 11 heavy (non-hydrogen) atoms. The normalized spacial score (nSPS) is 9.27. The summed E-state index contributed by atoms with van der Waals surface area (Å²) in [7, 11) is 1.61. The Hall–Kier alpha value is -0.900. The van der Waals surface area contributed by atoms with Gasteiger partial charge in [-0.25, -0.2) is 5.01 Å². The third-order valence-corrected chi connectivity index (χ3v) is 1.80. The van der Waals surface area contributed by atoms with Crippen molar-refractivity contribution in [2.75, 3.05) is 12.1 Å². The molecule has 1 rings (SSSR count).